The summed E-state index contributed by atoms with van der Waals surface area (Å²) in [4.78, 5) is 14.8. The zero-order valence-electron chi connectivity index (χ0n) is 6.12. The Morgan fingerprint density at radius 1 is 1.75 bits per heavy atom. The van der Waals surface area contributed by atoms with E-state index in [-0.39, 0.29) is 17.4 Å². The SMILES string of the molecule is N#CCC(=O)c1cccnc1Cl. The smallest absolute Gasteiger partial charge is 0.179 e. The number of nitrogens with zero attached hydrogens (tertiary/aromatic N) is 2. The van der Waals surface area contributed by atoms with Gasteiger partial charge in [-0.25, -0.2) is 4.98 Å². The van der Waals surface area contributed by atoms with Crippen molar-refractivity contribution in [3.8, 4) is 6.07 Å². The van der Waals surface area contributed by atoms with Crippen LogP contribution in [0, 0.1) is 11.3 Å². The topological polar surface area (TPSA) is 53.8 Å². The van der Waals surface area contributed by atoms with E-state index in [0.29, 0.717) is 5.56 Å². The molecule has 1 aromatic rings. The Bertz CT molecular complexity index is 343. The zero-order chi connectivity index (χ0) is 8.97. The third-order valence-electron chi connectivity index (χ3n) is 1.30. The van der Waals surface area contributed by atoms with Gasteiger partial charge in [-0.3, -0.25) is 4.79 Å². The van der Waals surface area contributed by atoms with Crippen LogP contribution in [0.1, 0.15) is 16.8 Å². The number of hydrogen-bond acceptors (Lipinski definition) is 3. The van der Waals surface area contributed by atoms with Crippen molar-refractivity contribution in [3.63, 3.8) is 0 Å². The van der Waals surface area contributed by atoms with Crippen molar-refractivity contribution in [2.24, 2.45) is 0 Å². The molecule has 4 heteroatoms. The molecule has 1 aromatic heterocycles. The van der Waals surface area contributed by atoms with Crippen molar-refractivity contribution in [2.45, 2.75) is 6.42 Å². The molecule has 0 bridgehead atoms. The summed E-state index contributed by atoms with van der Waals surface area (Å²) in [5, 5.41) is 8.41. The van der Waals surface area contributed by atoms with Crippen molar-refractivity contribution in [2.75, 3.05) is 0 Å². The Hall–Kier alpha value is -1.40. The maximum atomic E-state index is 11.1. The molecular formula is C8H5ClN2O. The molecule has 0 aromatic carbocycles. The lowest BCUT2D eigenvalue weighted by Crippen LogP contribution is -1.98. The molecule has 0 spiro atoms. The summed E-state index contributed by atoms with van der Waals surface area (Å²) in [6.07, 6.45) is 1.33. The number of carbonyl (C=O) groups is 1. The average molecular weight is 181 g/mol. The van der Waals surface area contributed by atoms with Crippen LogP contribution in [0.25, 0.3) is 0 Å². The molecule has 0 unspecified atom stereocenters. The molecule has 60 valence electrons. The lowest BCUT2D eigenvalue weighted by molar-refractivity contribution is 0.0997. The van der Waals surface area contributed by atoms with E-state index in [4.69, 9.17) is 16.9 Å². The van der Waals surface area contributed by atoms with Crippen molar-refractivity contribution < 1.29 is 4.79 Å². The van der Waals surface area contributed by atoms with Crippen molar-refractivity contribution >= 4 is 17.4 Å². The molecule has 0 aliphatic rings. The molecular weight excluding hydrogens is 176 g/mol. The van der Waals surface area contributed by atoms with E-state index in [0.717, 1.165) is 0 Å². The van der Waals surface area contributed by atoms with Gasteiger partial charge in [-0.05, 0) is 12.1 Å². The van der Waals surface area contributed by atoms with Crippen LogP contribution in [0.4, 0.5) is 0 Å². The Morgan fingerprint density at radius 2 is 2.50 bits per heavy atom. The number of aromatic nitrogens is 1. The fourth-order valence-corrected chi connectivity index (χ4v) is 0.986. The molecule has 3 nitrogen and oxygen atoms in total. The molecule has 0 radical (unpaired) electrons. The number of pyridine rings is 1. The Morgan fingerprint density at radius 3 is 3.08 bits per heavy atom. The van der Waals surface area contributed by atoms with Crippen LogP contribution in [0.5, 0.6) is 0 Å². The summed E-state index contributed by atoms with van der Waals surface area (Å²) in [6, 6.07) is 4.92. The molecule has 0 atom stereocenters. The van der Waals surface area contributed by atoms with Gasteiger partial charge in [0, 0.05) is 6.20 Å². The highest BCUT2D eigenvalue weighted by atomic mass is 35.5. The molecule has 0 amide bonds. The highest BCUT2D eigenvalue weighted by molar-refractivity contribution is 6.32. The average Bonchev–Trinajstić information content (AvgIpc) is 2.05. The van der Waals surface area contributed by atoms with Crippen LogP contribution >= 0.6 is 11.6 Å². The fourth-order valence-electron chi connectivity index (χ4n) is 0.761. The highest BCUT2D eigenvalue weighted by Crippen LogP contribution is 2.12. The quantitative estimate of drug-likeness (QED) is 0.516. The normalized spacial score (nSPS) is 9.00. The first-order chi connectivity index (χ1) is 5.75. The second kappa shape index (κ2) is 3.84. The minimum atomic E-state index is -0.296. The maximum absolute atomic E-state index is 11.1. The number of nitriles is 1. The number of ketones is 1. The summed E-state index contributed by atoms with van der Waals surface area (Å²) in [5.41, 5.74) is 0.306. The Kier molecular flexibility index (Phi) is 2.78. The van der Waals surface area contributed by atoms with E-state index in [1.54, 1.807) is 18.2 Å². The lowest BCUT2D eigenvalue weighted by Gasteiger charge is -1.96. The number of carbonyl (C=O) groups excluding carboxylic acids is 1. The van der Waals surface area contributed by atoms with Crippen LogP contribution in [0.3, 0.4) is 0 Å². The third kappa shape index (κ3) is 1.80. The highest BCUT2D eigenvalue weighted by Gasteiger charge is 2.08. The van der Waals surface area contributed by atoms with Crippen molar-refractivity contribution in [1.29, 1.82) is 5.26 Å². The van der Waals surface area contributed by atoms with Gasteiger partial charge in [0.25, 0.3) is 0 Å². The minimum Gasteiger partial charge on any atom is -0.293 e. The Balaban J connectivity index is 2.97. The molecule has 1 heterocycles. The van der Waals surface area contributed by atoms with Gasteiger partial charge in [-0.1, -0.05) is 11.6 Å². The molecule has 0 saturated carbocycles. The lowest BCUT2D eigenvalue weighted by atomic mass is 10.1. The molecule has 12 heavy (non-hydrogen) atoms. The summed E-state index contributed by atoms with van der Waals surface area (Å²) in [5.74, 6) is -0.296. The van der Waals surface area contributed by atoms with Gasteiger partial charge in [0.05, 0.1) is 18.1 Å². The largest absolute Gasteiger partial charge is 0.293 e. The second-order valence-corrected chi connectivity index (χ2v) is 2.46. The monoisotopic (exact) mass is 180 g/mol. The van der Waals surface area contributed by atoms with E-state index < -0.39 is 0 Å². The zero-order valence-corrected chi connectivity index (χ0v) is 6.88. The number of hydrogen-bond donors (Lipinski definition) is 0. The third-order valence-corrected chi connectivity index (χ3v) is 1.60. The van der Waals surface area contributed by atoms with Gasteiger partial charge in [-0.2, -0.15) is 5.26 Å². The first kappa shape index (κ1) is 8.69. The maximum Gasteiger partial charge on any atom is 0.179 e. The molecule has 0 saturated heterocycles. The Labute approximate surface area is 74.6 Å². The predicted molar refractivity (Wildman–Crippen MR) is 43.8 cm³/mol. The van der Waals surface area contributed by atoms with E-state index in [1.807, 2.05) is 0 Å². The van der Waals surface area contributed by atoms with E-state index in [1.165, 1.54) is 6.20 Å². The van der Waals surface area contributed by atoms with Crippen molar-refractivity contribution in [1.82, 2.24) is 4.98 Å². The van der Waals surface area contributed by atoms with Gasteiger partial charge in [0.15, 0.2) is 5.78 Å². The van der Waals surface area contributed by atoms with E-state index in [2.05, 4.69) is 4.98 Å². The summed E-state index contributed by atoms with van der Waals surface area (Å²) in [7, 11) is 0. The standard InChI is InChI=1S/C8H5ClN2O/c9-8-6(2-1-5-11-8)7(12)3-4-10/h1-2,5H,3H2. The minimum absolute atomic E-state index is 0.151. The van der Waals surface area contributed by atoms with Gasteiger partial charge >= 0.3 is 0 Å². The first-order valence-electron chi connectivity index (χ1n) is 3.26. The molecule has 0 fully saturated rings. The molecule has 0 aliphatic carbocycles. The fraction of sp³-hybridized carbons (Fsp3) is 0.125. The van der Waals surface area contributed by atoms with Gasteiger partial charge in [0.1, 0.15) is 5.15 Å². The molecule has 1 rings (SSSR count). The number of halogens is 1. The van der Waals surface area contributed by atoms with Crippen molar-refractivity contribution in [3.05, 3.63) is 29.0 Å². The van der Waals surface area contributed by atoms with E-state index in [9.17, 15) is 4.79 Å². The van der Waals surface area contributed by atoms with Gasteiger partial charge in [0.2, 0.25) is 0 Å². The summed E-state index contributed by atoms with van der Waals surface area (Å²) < 4.78 is 0. The summed E-state index contributed by atoms with van der Waals surface area (Å²) >= 11 is 5.61. The van der Waals surface area contributed by atoms with Gasteiger partial charge < -0.3 is 0 Å². The molecule has 0 aliphatic heterocycles. The van der Waals surface area contributed by atoms with Crippen LogP contribution in [-0.2, 0) is 0 Å². The van der Waals surface area contributed by atoms with Gasteiger partial charge in [-0.15, -0.1) is 0 Å². The van der Waals surface area contributed by atoms with Crippen LogP contribution in [0.15, 0.2) is 18.3 Å². The van der Waals surface area contributed by atoms with Crippen LogP contribution < -0.4 is 0 Å². The first-order valence-corrected chi connectivity index (χ1v) is 3.64. The van der Waals surface area contributed by atoms with Crippen LogP contribution in [0.2, 0.25) is 5.15 Å². The number of Topliss-reactive ketones (excluding diaryl/α,β-unsaturated/α-hetero) is 1. The van der Waals surface area contributed by atoms with Crippen LogP contribution in [-0.4, -0.2) is 10.8 Å². The number of rotatable bonds is 2. The summed E-state index contributed by atoms with van der Waals surface area (Å²) in [6.45, 7) is 0. The predicted octanol–water partition coefficient (Wildman–Crippen LogP) is 1.83. The van der Waals surface area contributed by atoms with E-state index >= 15 is 0 Å². The second-order valence-electron chi connectivity index (χ2n) is 2.10. The molecule has 0 N–H and O–H groups in total.